The van der Waals surface area contributed by atoms with E-state index in [9.17, 15) is 18.0 Å². The summed E-state index contributed by atoms with van der Waals surface area (Å²) >= 11 is 12.4. The summed E-state index contributed by atoms with van der Waals surface area (Å²) in [5, 5.41) is 3.90. The molecule has 0 aliphatic rings. The molecule has 2 amide bonds. The molecule has 7 nitrogen and oxygen atoms in total. The Morgan fingerprint density at radius 2 is 1.49 bits per heavy atom. The second-order valence-corrected chi connectivity index (χ2v) is 13.7. The van der Waals surface area contributed by atoms with Crippen molar-refractivity contribution in [2.24, 2.45) is 0 Å². The van der Waals surface area contributed by atoms with E-state index in [2.05, 4.69) is 5.32 Å². The second-order valence-electron chi connectivity index (χ2n) is 11.0. The molecule has 4 rings (SSSR count). The summed E-state index contributed by atoms with van der Waals surface area (Å²) in [7, 11) is -4.22. The number of rotatable bonds is 13. The summed E-state index contributed by atoms with van der Waals surface area (Å²) in [6.07, 6.45) is 0.927. The Kier molecular flexibility index (Phi) is 11.7. The van der Waals surface area contributed by atoms with Crippen molar-refractivity contribution in [3.8, 4) is 0 Å². The number of anilines is 1. The molecule has 1 N–H and O–H groups in total. The van der Waals surface area contributed by atoms with E-state index in [1.54, 1.807) is 36.4 Å². The lowest BCUT2D eigenvalue weighted by Crippen LogP contribution is -2.54. The van der Waals surface area contributed by atoms with E-state index < -0.39 is 28.5 Å². The molecule has 0 heterocycles. The number of nitrogens with one attached hydrogen (secondary N) is 1. The molecule has 0 radical (unpaired) electrons. The second kappa shape index (κ2) is 15.4. The van der Waals surface area contributed by atoms with Gasteiger partial charge in [-0.1, -0.05) is 84.7 Å². The van der Waals surface area contributed by atoms with E-state index in [-0.39, 0.29) is 29.8 Å². The number of halogens is 2. The molecule has 2 atom stereocenters. The molecule has 0 saturated carbocycles. The number of amides is 2. The first-order chi connectivity index (χ1) is 21.5. The predicted octanol–water partition coefficient (Wildman–Crippen LogP) is 7.05. The third-order valence-corrected chi connectivity index (χ3v) is 9.76. The number of hydrogen-bond acceptors (Lipinski definition) is 4. The highest BCUT2D eigenvalue weighted by molar-refractivity contribution is 7.92. The molecule has 0 saturated heterocycles. The smallest absolute Gasteiger partial charge is 0.264 e. The Morgan fingerprint density at radius 3 is 2.13 bits per heavy atom. The maximum atomic E-state index is 14.5. The summed E-state index contributed by atoms with van der Waals surface area (Å²) in [5.74, 6) is -0.875. The van der Waals surface area contributed by atoms with Crippen LogP contribution in [0.25, 0.3) is 0 Å². The molecule has 4 aromatic carbocycles. The van der Waals surface area contributed by atoms with Crippen LogP contribution >= 0.6 is 23.2 Å². The van der Waals surface area contributed by atoms with Gasteiger partial charge in [0.15, 0.2) is 0 Å². The average molecular weight is 667 g/mol. The van der Waals surface area contributed by atoms with Crippen molar-refractivity contribution in [2.45, 2.75) is 57.1 Å². The molecule has 236 valence electrons. The van der Waals surface area contributed by atoms with Crippen molar-refractivity contribution in [1.29, 1.82) is 0 Å². The van der Waals surface area contributed by atoms with Gasteiger partial charge in [-0.15, -0.1) is 0 Å². The standard InChI is InChI=1S/C35H37Cl2N3O4S/c1-4-26(3)38-35(42)33(22-27-11-6-5-7-12-27)39(23-28-13-9-14-30(37)21-28)34(41)24-40(31-15-8-10-25(2)20-31)45(43,44)32-18-16-29(36)17-19-32/h5-21,26,33H,4,22-24H2,1-3H3,(H,38,42)/t26-,33-/m0/s1. The first kappa shape index (κ1) is 34.0. The number of hydrogen-bond donors (Lipinski definition) is 1. The van der Waals surface area contributed by atoms with E-state index in [1.807, 2.05) is 63.2 Å². The lowest BCUT2D eigenvalue weighted by molar-refractivity contribution is -0.140. The van der Waals surface area contributed by atoms with Crippen molar-refractivity contribution >= 4 is 50.7 Å². The Balaban J connectivity index is 1.81. The van der Waals surface area contributed by atoms with Crippen LogP contribution in [0.5, 0.6) is 0 Å². The highest BCUT2D eigenvalue weighted by atomic mass is 35.5. The highest BCUT2D eigenvalue weighted by Crippen LogP contribution is 2.27. The molecule has 0 fully saturated rings. The van der Waals surface area contributed by atoms with Gasteiger partial charge in [0, 0.05) is 29.1 Å². The van der Waals surface area contributed by atoms with Crippen molar-refractivity contribution < 1.29 is 18.0 Å². The van der Waals surface area contributed by atoms with E-state index >= 15 is 0 Å². The first-order valence-electron chi connectivity index (χ1n) is 14.7. The molecule has 0 aliphatic heterocycles. The fourth-order valence-corrected chi connectivity index (χ4v) is 6.62. The Morgan fingerprint density at radius 1 is 0.822 bits per heavy atom. The van der Waals surface area contributed by atoms with Crippen molar-refractivity contribution in [3.05, 3.63) is 130 Å². The van der Waals surface area contributed by atoms with Gasteiger partial charge in [-0.2, -0.15) is 0 Å². The Labute approximate surface area is 275 Å². The fourth-order valence-electron chi connectivity index (χ4n) is 4.87. The molecule has 0 aliphatic carbocycles. The molecule has 0 aromatic heterocycles. The minimum absolute atomic E-state index is 0.0158. The lowest BCUT2D eigenvalue weighted by atomic mass is 10.0. The van der Waals surface area contributed by atoms with E-state index in [0.29, 0.717) is 27.7 Å². The van der Waals surface area contributed by atoms with E-state index in [4.69, 9.17) is 23.2 Å². The molecule has 4 aromatic rings. The van der Waals surface area contributed by atoms with Gasteiger partial charge in [0.2, 0.25) is 11.8 Å². The zero-order valence-electron chi connectivity index (χ0n) is 25.5. The van der Waals surface area contributed by atoms with Crippen LogP contribution < -0.4 is 9.62 Å². The summed E-state index contributed by atoms with van der Waals surface area (Å²) in [6.45, 7) is 5.20. The van der Waals surface area contributed by atoms with Crippen LogP contribution in [-0.4, -0.2) is 43.8 Å². The number of sulfonamides is 1. The van der Waals surface area contributed by atoms with Gasteiger partial charge in [-0.25, -0.2) is 8.42 Å². The van der Waals surface area contributed by atoms with Crippen LogP contribution in [0.2, 0.25) is 10.0 Å². The number of benzene rings is 4. The van der Waals surface area contributed by atoms with Crippen LogP contribution in [0, 0.1) is 6.92 Å². The lowest BCUT2D eigenvalue weighted by Gasteiger charge is -2.34. The monoisotopic (exact) mass is 665 g/mol. The van der Waals surface area contributed by atoms with Crippen LogP contribution in [-0.2, 0) is 32.6 Å². The minimum atomic E-state index is -4.22. The summed E-state index contributed by atoms with van der Waals surface area (Å²) < 4.78 is 29.3. The van der Waals surface area contributed by atoms with Gasteiger partial charge >= 0.3 is 0 Å². The van der Waals surface area contributed by atoms with Crippen LogP contribution in [0.15, 0.2) is 108 Å². The van der Waals surface area contributed by atoms with Crippen LogP contribution in [0.3, 0.4) is 0 Å². The number of carbonyl (C=O) groups excluding carboxylic acids is 2. The molecule has 0 unspecified atom stereocenters. The van der Waals surface area contributed by atoms with Crippen molar-refractivity contribution in [2.75, 3.05) is 10.8 Å². The van der Waals surface area contributed by atoms with Gasteiger partial charge in [0.25, 0.3) is 10.0 Å². The molecule has 10 heteroatoms. The molecule has 0 spiro atoms. The van der Waals surface area contributed by atoms with Crippen molar-refractivity contribution in [3.63, 3.8) is 0 Å². The van der Waals surface area contributed by atoms with Gasteiger partial charge < -0.3 is 10.2 Å². The van der Waals surface area contributed by atoms with Gasteiger partial charge in [0.05, 0.1) is 10.6 Å². The Hall–Kier alpha value is -3.85. The normalized spacial score (nSPS) is 12.6. The van der Waals surface area contributed by atoms with Crippen LogP contribution in [0.4, 0.5) is 5.69 Å². The summed E-state index contributed by atoms with van der Waals surface area (Å²) in [4.78, 5) is 29.8. The minimum Gasteiger partial charge on any atom is -0.352 e. The van der Waals surface area contributed by atoms with Gasteiger partial charge in [0.1, 0.15) is 12.6 Å². The first-order valence-corrected chi connectivity index (χ1v) is 16.9. The topological polar surface area (TPSA) is 86.8 Å². The molecular weight excluding hydrogens is 629 g/mol. The maximum absolute atomic E-state index is 14.5. The van der Waals surface area contributed by atoms with Gasteiger partial charge in [-0.3, -0.25) is 13.9 Å². The third-order valence-electron chi connectivity index (χ3n) is 7.48. The van der Waals surface area contributed by atoms with Gasteiger partial charge in [-0.05, 0) is 85.5 Å². The predicted molar refractivity (Wildman–Crippen MR) is 181 cm³/mol. The molecule has 45 heavy (non-hydrogen) atoms. The van der Waals surface area contributed by atoms with E-state index in [0.717, 1.165) is 15.4 Å². The highest BCUT2D eigenvalue weighted by Gasteiger charge is 2.35. The SMILES string of the molecule is CC[C@H](C)NC(=O)[C@H](Cc1ccccc1)N(Cc1cccc(Cl)c1)C(=O)CN(c1cccc(C)c1)S(=O)(=O)c1ccc(Cl)cc1. The number of carbonyl (C=O) groups is 2. The van der Waals surface area contributed by atoms with Crippen molar-refractivity contribution in [1.82, 2.24) is 10.2 Å². The largest absolute Gasteiger partial charge is 0.352 e. The van der Waals surface area contributed by atoms with Crippen LogP contribution in [0.1, 0.15) is 37.0 Å². The summed E-state index contributed by atoms with van der Waals surface area (Å²) in [5.41, 5.74) is 2.70. The average Bonchev–Trinajstić information content (AvgIpc) is 3.02. The third kappa shape index (κ3) is 9.10. The van der Waals surface area contributed by atoms with E-state index in [1.165, 1.54) is 29.2 Å². The Bertz CT molecular complexity index is 1720. The maximum Gasteiger partial charge on any atom is 0.264 e. The fraction of sp³-hybridized carbons (Fsp3) is 0.257. The molecular formula is C35H37Cl2N3O4S. The number of nitrogens with zero attached hydrogens (tertiary/aromatic N) is 2. The number of aryl methyl sites for hydroxylation is 1. The summed E-state index contributed by atoms with van der Waals surface area (Å²) in [6, 6.07) is 28.2. The molecule has 0 bridgehead atoms. The zero-order chi connectivity index (χ0) is 32.6. The quantitative estimate of drug-likeness (QED) is 0.166. The zero-order valence-corrected chi connectivity index (χ0v) is 27.8.